The van der Waals surface area contributed by atoms with Crippen LogP contribution in [0.25, 0.3) is 22.2 Å². The maximum absolute atomic E-state index is 12.6. The fourth-order valence-electron chi connectivity index (χ4n) is 4.22. The molecular formula is C25H29F3N4O3. The normalized spacial score (nSPS) is 15.9. The summed E-state index contributed by atoms with van der Waals surface area (Å²) >= 11 is 0. The van der Waals surface area contributed by atoms with Gasteiger partial charge in [0, 0.05) is 53.9 Å². The quantitative estimate of drug-likeness (QED) is 0.479. The Labute approximate surface area is 201 Å². The van der Waals surface area contributed by atoms with Crippen molar-refractivity contribution < 1.29 is 27.4 Å². The van der Waals surface area contributed by atoms with Crippen molar-refractivity contribution in [1.29, 1.82) is 0 Å². The molecule has 4 rings (SSSR count). The van der Waals surface area contributed by atoms with Crippen LogP contribution in [0.15, 0.2) is 36.9 Å². The summed E-state index contributed by atoms with van der Waals surface area (Å²) in [5.41, 5.74) is 3.16. The largest absolute Gasteiger partial charge is 0.489 e. The molecule has 1 aliphatic rings. The van der Waals surface area contributed by atoms with Crippen LogP contribution in [-0.4, -0.2) is 52.9 Å². The van der Waals surface area contributed by atoms with Crippen molar-refractivity contribution in [1.82, 2.24) is 20.3 Å². The molecule has 188 valence electrons. The number of carbonyl (C=O) groups is 1. The number of nitrogens with one attached hydrogen (secondary N) is 2. The molecule has 1 aliphatic heterocycles. The number of rotatable bonds is 8. The van der Waals surface area contributed by atoms with Crippen molar-refractivity contribution in [2.75, 3.05) is 19.8 Å². The summed E-state index contributed by atoms with van der Waals surface area (Å²) in [7, 11) is 0. The molecule has 1 saturated heterocycles. The smallest absolute Gasteiger partial charge is 0.405 e. The van der Waals surface area contributed by atoms with Gasteiger partial charge >= 0.3 is 6.18 Å². The first-order valence-corrected chi connectivity index (χ1v) is 11.7. The van der Waals surface area contributed by atoms with Gasteiger partial charge in [0.05, 0.1) is 19.4 Å². The van der Waals surface area contributed by atoms with Crippen molar-refractivity contribution >= 4 is 16.9 Å². The standard InChI is InChI=1S/C25H29F3N4O3/c1-15(2)20(24(33)32-14-25(26,27)28)8-16-7-17(11-29-10-16)22-13-31-23-21(22)9-19(12-30-23)35-18-3-5-34-6-4-18/h7,9-13,15,18,20H,3-6,8,14H2,1-2H3,(H,30,31)(H,32,33). The van der Waals surface area contributed by atoms with Crippen LogP contribution in [0.1, 0.15) is 32.3 Å². The zero-order valence-corrected chi connectivity index (χ0v) is 19.7. The van der Waals surface area contributed by atoms with Crippen LogP contribution >= 0.6 is 0 Å². The van der Waals surface area contributed by atoms with Gasteiger partial charge in [-0.1, -0.05) is 13.8 Å². The number of halogens is 3. The number of fused-ring (bicyclic) bond motifs is 1. The molecule has 0 aliphatic carbocycles. The Morgan fingerprint density at radius 3 is 2.71 bits per heavy atom. The van der Waals surface area contributed by atoms with Gasteiger partial charge in [0.1, 0.15) is 24.0 Å². The monoisotopic (exact) mass is 490 g/mol. The predicted octanol–water partition coefficient (Wildman–Crippen LogP) is 4.68. The second-order valence-electron chi connectivity index (χ2n) is 9.17. The Morgan fingerprint density at radius 2 is 2.00 bits per heavy atom. The topological polar surface area (TPSA) is 89.1 Å². The van der Waals surface area contributed by atoms with Gasteiger partial charge in [-0.15, -0.1) is 0 Å². The minimum absolute atomic E-state index is 0.0897. The van der Waals surface area contributed by atoms with Crippen LogP contribution in [0.5, 0.6) is 5.75 Å². The van der Waals surface area contributed by atoms with E-state index < -0.39 is 24.5 Å². The van der Waals surface area contributed by atoms with Crippen LogP contribution in [0.3, 0.4) is 0 Å². The van der Waals surface area contributed by atoms with E-state index >= 15 is 0 Å². The number of amides is 1. The third-order valence-corrected chi connectivity index (χ3v) is 6.14. The molecule has 3 aromatic rings. The first-order valence-electron chi connectivity index (χ1n) is 11.7. The van der Waals surface area contributed by atoms with Crippen molar-refractivity contribution in [2.24, 2.45) is 11.8 Å². The Balaban J connectivity index is 1.54. The van der Waals surface area contributed by atoms with Crippen LogP contribution < -0.4 is 10.1 Å². The number of hydrogen-bond donors (Lipinski definition) is 2. The fourth-order valence-corrected chi connectivity index (χ4v) is 4.22. The van der Waals surface area contributed by atoms with Gasteiger partial charge in [-0.05, 0) is 30.0 Å². The Morgan fingerprint density at radius 1 is 1.23 bits per heavy atom. The molecule has 0 aromatic carbocycles. The van der Waals surface area contributed by atoms with Crippen LogP contribution in [0, 0.1) is 11.8 Å². The number of aromatic amines is 1. The SMILES string of the molecule is CC(C)C(Cc1cncc(-c2c[nH]c3ncc(OC4CCOCC4)cc23)c1)C(=O)NCC(F)(F)F. The van der Waals surface area contributed by atoms with Gasteiger partial charge in [-0.25, -0.2) is 4.98 Å². The lowest BCUT2D eigenvalue weighted by atomic mass is 9.88. The first kappa shape index (κ1) is 25.0. The lowest BCUT2D eigenvalue weighted by Gasteiger charge is -2.23. The number of carbonyl (C=O) groups excluding carboxylic acids is 1. The number of alkyl halides is 3. The van der Waals surface area contributed by atoms with Crippen LogP contribution in [0.4, 0.5) is 13.2 Å². The van der Waals surface area contributed by atoms with Crippen molar-refractivity contribution in [3.8, 4) is 16.9 Å². The number of aromatic nitrogens is 3. The molecule has 0 radical (unpaired) electrons. The van der Waals surface area contributed by atoms with Gasteiger partial charge in [-0.3, -0.25) is 9.78 Å². The first-order chi connectivity index (χ1) is 16.7. The van der Waals surface area contributed by atoms with Crippen LogP contribution in [-0.2, 0) is 16.0 Å². The predicted molar refractivity (Wildman–Crippen MR) is 125 cm³/mol. The van der Waals surface area contributed by atoms with E-state index in [1.54, 1.807) is 18.6 Å². The number of H-pyrrole nitrogens is 1. The third-order valence-electron chi connectivity index (χ3n) is 6.14. The molecule has 1 unspecified atom stereocenters. The number of nitrogens with zero attached hydrogens (tertiary/aromatic N) is 2. The minimum Gasteiger partial charge on any atom is -0.489 e. The molecular weight excluding hydrogens is 461 g/mol. The van der Waals surface area contributed by atoms with E-state index in [9.17, 15) is 18.0 Å². The summed E-state index contributed by atoms with van der Waals surface area (Å²) < 4.78 is 49.2. The number of hydrogen-bond acceptors (Lipinski definition) is 5. The summed E-state index contributed by atoms with van der Waals surface area (Å²) in [6, 6.07) is 3.85. The second kappa shape index (κ2) is 10.6. The van der Waals surface area contributed by atoms with E-state index in [1.165, 1.54) is 0 Å². The molecule has 0 saturated carbocycles. The minimum atomic E-state index is -4.45. The van der Waals surface area contributed by atoms with Gasteiger partial charge in [-0.2, -0.15) is 13.2 Å². The maximum Gasteiger partial charge on any atom is 0.405 e. The zero-order chi connectivity index (χ0) is 25.0. The molecule has 0 spiro atoms. The average molecular weight is 491 g/mol. The highest BCUT2D eigenvalue weighted by Gasteiger charge is 2.30. The highest BCUT2D eigenvalue weighted by molar-refractivity contribution is 5.94. The Hall–Kier alpha value is -3.14. The molecule has 7 nitrogen and oxygen atoms in total. The molecule has 2 N–H and O–H groups in total. The molecule has 3 aromatic heterocycles. The fraction of sp³-hybridized carbons (Fsp3) is 0.480. The summed E-state index contributed by atoms with van der Waals surface area (Å²) in [6.45, 7) is 3.66. The Kier molecular flexibility index (Phi) is 7.59. The third kappa shape index (κ3) is 6.50. The van der Waals surface area contributed by atoms with Gasteiger partial charge in [0.15, 0.2) is 0 Å². The highest BCUT2D eigenvalue weighted by Crippen LogP contribution is 2.31. The van der Waals surface area contributed by atoms with E-state index in [1.807, 2.05) is 37.5 Å². The van der Waals surface area contributed by atoms with Gasteiger partial charge < -0.3 is 19.8 Å². The molecule has 0 bridgehead atoms. The van der Waals surface area contributed by atoms with Crippen molar-refractivity contribution in [3.63, 3.8) is 0 Å². The summed E-state index contributed by atoms with van der Waals surface area (Å²) in [5.74, 6) is -0.697. The van der Waals surface area contributed by atoms with Crippen LogP contribution in [0.2, 0.25) is 0 Å². The van der Waals surface area contributed by atoms with Crippen molar-refractivity contribution in [2.45, 2.75) is 45.4 Å². The van der Waals surface area contributed by atoms with E-state index in [0.29, 0.717) is 24.6 Å². The lowest BCUT2D eigenvalue weighted by molar-refractivity contribution is -0.141. The molecule has 10 heteroatoms. The number of pyridine rings is 2. The molecule has 35 heavy (non-hydrogen) atoms. The molecule has 1 fully saturated rings. The van der Waals surface area contributed by atoms with E-state index in [-0.39, 0.29) is 18.4 Å². The van der Waals surface area contributed by atoms with Gasteiger partial charge in [0.2, 0.25) is 5.91 Å². The zero-order valence-electron chi connectivity index (χ0n) is 19.7. The summed E-state index contributed by atoms with van der Waals surface area (Å²) in [6.07, 6.45) is 4.47. The van der Waals surface area contributed by atoms with E-state index in [2.05, 4.69) is 15.0 Å². The molecule has 4 heterocycles. The molecule has 1 amide bonds. The molecule has 1 atom stereocenters. The average Bonchev–Trinajstić information content (AvgIpc) is 3.24. The van der Waals surface area contributed by atoms with E-state index in [4.69, 9.17) is 9.47 Å². The van der Waals surface area contributed by atoms with E-state index in [0.717, 1.165) is 34.9 Å². The Bertz CT molecular complexity index is 1160. The maximum atomic E-state index is 12.6. The number of ether oxygens (including phenoxy) is 2. The summed E-state index contributed by atoms with van der Waals surface area (Å²) in [4.78, 5) is 24.4. The lowest BCUT2D eigenvalue weighted by Crippen LogP contribution is -2.40. The second-order valence-corrected chi connectivity index (χ2v) is 9.17. The van der Waals surface area contributed by atoms with Crippen molar-refractivity contribution in [3.05, 3.63) is 42.5 Å². The summed E-state index contributed by atoms with van der Waals surface area (Å²) in [5, 5.41) is 2.88. The van der Waals surface area contributed by atoms with Gasteiger partial charge in [0.25, 0.3) is 0 Å². The highest BCUT2D eigenvalue weighted by atomic mass is 19.4.